The minimum Gasteiger partial charge on any atom is -0.490 e. The van der Waals surface area contributed by atoms with Gasteiger partial charge in [0.05, 0.1) is 16.7 Å². The van der Waals surface area contributed by atoms with Crippen LogP contribution in [0.25, 0.3) is 0 Å². The van der Waals surface area contributed by atoms with Crippen LogP contribution in [0.5, 0.6) is 11.5 Å². The molecule has 156 valence electrons. The van der Waals surface area contributed by atoms with E-state index in [1.54, 1.807) is 41.3 Å². The van der Waals surface area contributed by atoms with E-state index in [1.807, 2.05) is 0 Å². The second-order valence-corrected chi connectivity index (χ2v) is 8.13. The first kappa shape index (κ1) is 24.0. The van der Waals surface area contributed by atoms with Gasteiger partial charge in [-0.25, -0.2) is 0 Å². The normalized spacial score (nSPS) is 10.4. The highest BCUT2D eigenvalue weighted by Gasteiger charge is 2.13. The molecule has 0 fully saturated rings. The van der Waals surface area contributed by atoms with Gasteiger partial charge in [-0.1, -0.05) is 58.0 Å². The first-order valence-corrected chi connectivity index (χ1v) is 10.5. The molecule has 2 aromatic rings. The molecule has 0 aliphatic rings. The lowest BCUT2D eigenvalue weighted by Crippen LogP contribution is -2.30. The Bertz CT molecular complexity index is 844. The van der Waals surface area contributed by atoms with Crippen LogP contribution in [-0.2, 0) is 4.79 Å². The van der Waals surface area contributed by atoms with Crippen molar-refractivity contribution < 1.29 is 14.3 Å². The van der Waals surface area contributed by atoms with E-state index in [4.69, 9.17) is 67.5 Å². The van der Waals surface area contributed by atoms with E-state index in [-0.39, 0.29) is 17.0 Å². The molecular formula is C20H18Cl5NO3. The molecule has 0 bridgehead atoms. The summed E-state index contributed by atoms with van der Waals surface area (Å²) >= 11 is 29.5. The summed E-state index contributed by atoms with van der Waals surface area (Å²) in [4.78, 5) is 13.6. The topological polar surface area (TPSA) is 38.8 Å². The van der Waals surface area contributed by atoms with Crippen LogP contribution in [0.4, 0.5) is 5.69 Å². The molecule has 0 aliphatic carbocycles. The van der Waals surface area contributed by atoms with Crippen LogP contribution in [0.1, 0.15) is 13.3 Å². The number of amides is 1. The maximum absolute atomic E-state index is 11.9. The number of hydrogen-bond donors (Lipinski definition) is 0. The Morgan fingerprint density at radius 3 is 2.21 bits per heavy atom. The van der Waals surface area contributed by atoms with Crippen molar-refractivity contribution in [3.05, 3.63) is 62.0 Å². The molecule has 0 radical (unpaired) electrons. The van der Waals surface area contributed by atoms with Crippen molar-refractivity contribution in [1.82, 2.24) is 0 Å². The van der Waals surface area contributed by atoms with Gasteiger partial charge < -0.3 is 14.4 Å². The molecule has 29 heavy (non-hydrogen) atoms. The van der Waals surface area contributed by atoms with Gasteiger partial charge in [-0.3, -0.25) is 4.79 Å². The number of nitrogens with zero attached hydrogens (tertiary/aromatic N) is 1. The lowest BCUT2D eigenvalue weighted by molar-refractivity contribution is -0.116. The predicted molar refractivity (Wildman–Crippen MR) is 121 cm³/mol. The van der Waals surface area contributed by atoms with Crippen molar-refractivity contribution in [2.24, 2.45) is 0 Å². The summed E-state index contributed by atoms with van der Waals surface area (Å²) < 4.78 is 11.3. The van der Waals surface area contributed by atoms with Crippen molar-refractivity contribution in [2.75, 3.05) is 24.7 Å². The van der Waals surface area contributed by atoms with Gasteiger partial charge in [-0.15, -0.1) is 0 Å². The van der Waals surface area contributed by atoms with Crippen molar-refractivity contribution in [3.63, 3.8) is 0 Å². The first-order valence-electron chi connectivity index (χ1n) is 8.57. The van der Waals surface area contributed by atoms with Gasteiger partial charge in [-0.2, -0.15) is 0 Å². The molecule has 0 N–H and O–H groups in total. The number of anilines is 1. The monoisotopic (exact) mass is 495 g/mol. The molecular weight excluding hydrogens is 479 g/mol. The Kier molecular flexibility index (Phi) is 9.73. The Morgan fingerprint density at radius 1 is 1.03 bits per heavy atom. The Hall–Kier alpha value is -1.30. The molecule has 0 heterocycles. The van der Waals surface area contributed by atoms with E-state index in [0.717, 1.165) is 5.69 Å². The SMILES string of the molecule is CC(=O)N(CCCOc1c(Cl)cc(OCC=C(Cl)Cl)cc1Cl)c1ccc(Cl)cc1. The number of halogens is 5. The van der Waals surface area contributed by atoms with Crippen LogP contribution in [0.2, 0.25) is 15.1 Å². The fourth-order valence-corrected chi connectivity index (χ4v) is 3.27. The van der Waals surface area contributed by atoms with Crippen LogP contribution >= 0.6 is 58.0 Å². The number of benzene rings is 2. The third-order valence-electron chi connectivity index (χ3n) is 3.75. The van der Waals surface area contributed by atoms with E-state index in [0.29, 0.717) is 46.1 Å². The smallest absolute Gasteiger partial charge is 0.223 e. The van der Waals surface area contributed by atoms with Gasteiger partial charge in [0, 0.05) is 36.3 Å². The number of rotatable bonds is 9. The minimum absolute atomic E-state index is 0.0732. The van der Waals surface area contributed by atoms with Crippen molar-refractivity contribution in [1.29, 1.82) is 0 Å². The molecule has 9 heteroatoms. The molecule has 0 atom stereocenters. The van der Waals surface area contributed by atoms with Crippen molar-refractivity contribution in [3.8, 4) is 11.5 Å². The number of carbonyl (C=O) groups excluding carboxylic acids is 1. The third kappa shape index (κ3) is 7.80. The lowest BCUT2D eigenvalue weighted by atomic mass is 10.2. The van der Waals surface area contributed by atoms with E-state index in [1.165, 1.54) is 13.0 Å². The molecule has 2 aromatic carbocycles. The van der Waals surface area contributed by atoms with Crippen LogP contribution in [-0.4, -0.2) is 25.7 Å². The molecule has 0 aliphatic heterocycles. The van der Waals surface area contributed by atoms with Gasteiger partial charge >= 0.3 is 0 Å². The summed E-state index contributed by atoms with van der Waals surface area (Å²) in [6, 6.07) is 10.3. The highest BCUT2D eigenvalue weighted by atomic mass is 35.5. The van der Waals surface area contributed by atoms with Crippen LogP contribution in [0, 0.1) is 0 Å². The highest BCUT2D eigenvalue weighted by Crippen LogP contribution is 2.37. The van der Waals surface area contributed by atoms with Gasteiger partial charge in [0.1, 0.15) is 16.8 Å². The average Bonchev–Trinajstić information content (AvgIpc) is 2.64. The zero-order chi connectivity index (χ0) is 21.4. The zero-order valence-electron chi connectivity index (χ0n) is 15.4. The summed E-state index contributed by atoms with van der Waals surface area (Å²) in [5.74, 6) is 0.743. The average molecular weight is 498 g/mol. The number of ether oxygens (including phenoxy) is 2. The quantitative estimate of drug-likeness (QED) is 0.345. The lowest BCUT2D eigenvalue weighted by Gasteiger charge is -2.21. The molecule has 2 rings (SSSR count). The zero-order valence-corrected chi connectivity index (χ0v) is 19.2. The van der Waals surface area contributed by atoms with E-state index in [2.05, 4.69) is 0 Å². The second-order valence-electron chi connectivity index (χ2n) is 5.87. The number of carbonyl (C=O) groups is 1. The van der Waals surface area contributed by atoms with Crippen molar-refractivity contribution >= 4 is 69.6 Å². The molecule has 0 aromatic heterocycles. The van der Waals surface area contributed by atoms with Crippen LogP contribution in [0.3, 0.4) is 0 Å². The minimum atomic E-state index is -0.0732. The van der Waals surface area contributed by atoms with Gasteiger partial charge in [0.2, 0.25) is 5.91 Å². The van der Waals surface area contributed by atoms with Crippen LogP contribution < -0.4 is 14.4 Å². The van der Waals surface area contributed by atoms with Crippen molar-refractivity contribution in [2.45, 2.75) is 13.3 Å². The standard InChI is InChI=1S/C20H18Cl5NO3/c1-13(27)26(15-5-3-14(21)4-6-15)8-2-9-29-20-17(22)11-16(12-18(20)23)28-10-7-19(24)25/h3-7,11-12H,2,8-10H2,1H3. The molecule has 0 saturated carbocycles. The predicted octanol–water partition coefficient (Wildman–Crippen LogP) is 7.17. The van der Waals surface area contributed by atoms with E-state index >= 15 is 0 Å². The Balaban J connectivity index is 1.92. The Labute approximate surface area is 194 Å². The van der Waals surface area contributed by atoms with E-state index < -0.39 is 0 Å². The largest absolute Gasteiger partial charge is 0.490 e. The summed E-state index contributed by atoms with van der Waals surface area (Å²) in [7, 11) is 0. The summed E-state index contributed by atoms with van der Waals surface area (Å²) in [6.45, 7) is 2.48. The molecule has 0 saturated heterocycles. The maximum Gasteiger partial charge on any atom is 0.223 e. The van der Waals surface area contributed by atoms with Gasteiger partial charge in [0.15, 0.2) is 5.75 Å². The van der Waals surface area contributed by atoms with E-state index in [9.17, 15) is 4.79 Å². The molecule has 0 unspecified atom stereocenters. The van der Waals surface area contributed by atoms with Gasteiger partial charge in [-0.05, 0) is 36.8 Å². The molecule has 1 amide bonds. The van der Waals surface area contributed by atoms with Crippen LogP contribution in [0.15, 0.2) is 47.0 Å². The summed E-state index contributed by atoms with van der Waals surface area (Å²) in [5.41, 5.74) is 0.769. The fourth-order valence-electron chi connectivity index (χ4n) is 2.45. The van der Waals surface area contributed by atoms with Gasteiger partial charge in [0.25, 0.3) is 0 Å². The summed E-state index contributed by atoms with van der Waals surface area (Å²) in [5, 5.41) is 1.24. The summed E-state index contributed by atoms with van der Waals surface area (Å²) in [6.07, 6.45) is 2.07. The fraction of sp³-hybridized carbons (Fsp3) is 0.250. The number of hydrogen-bond acceptors (Lipinski definition) is 3. The highest BCUT2D eigenvalue weighted by molar-refractivity contribution is 6.55. The first-order chi connectivity index (χ1) is 13.8. The third-order valence-corrected chi connectivity index (χ3v) is 4.87. The second kappa shape index (κ2) is 11.8. The Morgan fingerprint density at radius 2 is 1.66 bits per heavy atom. The molecule has 0 spiro atoms. The maximum atomic E-state index is 11.9. The molecule has 4 nitrogen and oxygen atoms in total.